The molecule has 0 N–H and O–H groups in total. The first-order chi connectivity index (χ1) is 17.0. The van der Waals surface area contributed by atoms with Gasteiger partial charge in [0.25, 0.3) is 0 Å². The fraction of sp³-hybridized carbons (Fsp3) is 0.194. The average Bonchev–Trinajstić information content (AvgIpc) is 3.18. The third-order valence-electron chi connectivity index (χ3n) is 7.21. The summed E-state index contributed by atoms with van der Waals surface area (Å²) >= 11 is 0. The molecule has 0 saturated heterocycles. The normalized spacial score (nSPS) is 17.3. The van der Waals surface area contributed by atoms with E-state index in [0.717, 1.165) is 52.3 Å². The van der Waals surface area contributed by atoms with Crippen molar-refractivity contribution in [3.63, 3.8) is 0 Å². The number of carbonyl (C=O) groups is 1. The Labute approximate surface area is 205 Å². The molecule has 2 aliphatic heterocycles. The van der Waals surface area contributed by atoms with Crippen LogP contribution < -0.4 is 9.64 Å². The molecule has 4 heteroatoms. The molecule has 4 nitrogen and oxygen atoms in total. The Kier molecular flexibility index (Phi) is 4.92. The number of nitrogens with zero attached hydrogens (tertiary/aromatic N) is 1. The summed E-state index contributed by atoms with van der Waals surface area (Å²) in [7, 11) is 0. The number of hydrogen-bond acceptors (Lipinski definition) is 4. The van der Waals surface area contributed by atoms with E-state index in [9.17, 15) is 4.79 Å². The number of carbonyl (C=O) groups excluding carboxylic acids is 1. The van der Waals surface area contributed by atoms with Crippen LogP contribution in [-0.4, -0.2) is 19.1 Å². The van der Waals surface area contributed by atoms with Crippen molar-refractivity contribution in [2.75, 3.05) is 18.0 Å². The predicted octanol–water partition coefficient (Wildman–Crippen LogP) is 7.08. The molecule has 1 atom stereocenters. The van der Waals surface area contributed by atoms with Crippen LogP contribution in [0.15, 0.2) is 84.9 Å². The minimum absolute atomic E-state index is 0.312. The number of fused-ring (bicyclic) bond motifs is 6. The van der Waals surface area contributed by atoms with E-state index in [1.165, 1.54) is 5.56 Å². The monoisotopic (exact) mass is 461 g/mol. The second kappa shape index (κ2) is 8.02. The highest BCUT2D eigenvalue weighted by Gasteiger charge is 2.53. The van der Waals surface area contributed by atoms with Gasteiger partial charge in [0, 0.05) is 41.5 Å². The van der Waals surface area contributed by atoms with Gasteiger partial charge in [0.2, 0.25) is 0 Å². The Hall–Kier alpha value is -4.05. The van der Waals surface area contributed by atoms with E-state index in [-0.39, 0.29) is 5.97 Å². The smallest absolute Gasteiger partial charge is 0.340 e. The van der Waals surface area contributed by atoms with Crippen LogP contribution in [0.2, 0.25) is 0 Å². The molecule has 2 heterocycles. The van der Waals surface area contributed by atoms with Gasteiger partial charge in [-0.15, -0.1) is 0 Å². The van der Waals surface area contributed by atoms with Crippen LogP contribution >= 0.6 is 0 Å². The molecule has 6 rings (SSSR count). The number of rotatable bonds is 4. The van der Waals surface area contributed by atoms with Crippen molar-refractivity contribution >= 4 is 11.7 Å². The zero-order valence-corrected chi connectivity index (χ0v) is 20.2. The Bertz CT molecular complexity index is 1450. The van der Waals surface area contributed by atoms with Crippen molar-refractivity contribution in [1.82, 2.24) is 0 Å². The van der Waals surface area contributed by atoms with Gasteiger partial charge >= 0.3 is 5.97 Å². The van der Waals surface area contributed by atoms with Gasteiger partial charge in [-0.05, 0) is 62.2 Å². The Balaban J connectivity index is 1.60. The van der Waals surface area contributed by atoms with Crippen molar-refractivity contribution in [2.24, 2.45) is 0 Å². The van der Waals surface area contributed by atoms with Crippen molar-refractivity contribution in [3.8, 4) is 22.6 Å². The minimum Gasteiger partial charge on any atom is -0.456 e. The predicted molar refractivity (Wildman–Crippen MR) is 138 cm³/mol. The summed E-state index contributed by atoms with van der Waals surface area (Å²) in [4.78, 5) is 15.4. The number of anilines is 1. The van der Waals surface area contributed by atoms with Gasteiger partial charge in [0.15, 0.2) is 5.60 Å². The Morgan fingerprint density at radius 2 is 1.49 bits per heavy atom. The molecule has 4 aromatic carbocycles. The van der Waals surface area contributed by atoms with Crippen LogP contribution in [-0.2, 0) is 10.3 Å². The van der Waals surface area contributed by atoms with Crippen LogP contribution in [0, 0.1) is 6.92 Å². The molecule has 0 radical (unpaired) electrons. The molecule has 0 saturated carbocycles. The lowest BCUT2D eigenvalue weighted by Gasteiger charge is -2.37. The van der Waals surface area contributed by atoms with Gasteiger partial charge < -0.3 is 14.4 Å². The molecule has 0 aliphatic carbocycles. The van der Waals surface area contributed by atoms with Crippen LogP contribution in [0.3, 0.4) is 0 Å². The van der Waals surface area contributed by atoms with Gasteiger partial charge in [-0.25, -0.2) is 4.79 Å². The Morgan fingerprint density at radius 3 is 2.26 bits per heavy atom. The van der Waals surface area contributed by atoms with E-state index in [0.29, 0.717) is 11.3 Å². The average molecular weight is 462 g/mol. The lowest BCUT2D eigenvalue weighted by molar-refractivity contribution is 0.0224. The standard InChI is InChI=1S/C31H27NO3/c1-4-32(5-2)23-15-16-26-29(19-23)34-28-17-14-22(21-12-10-20(3)11-13-21)18-27(28)31(26)25-9-7-6-8-24(25)30(33)35-31/h6-19H,4-5H2,1-3H3. The lowest BCUT2D eigenvalue weighted by Crippen LogP contribution is -2.33. The summed E-state index contributed by atoms with van der Waals surface area (Å²) in [6, 6.07) is 28.5. The van der Waals surface area contributed by atoms with Crippen molar-refractivity contribution < 1.29 is 14.3 Å². The zero-order valence-electron chi connectivity index (χ0n) is 20.2. The van der Waals surface area contributed by atoms with E-state index in [2.05, 4.69) is 80.3 Å². The summed E-state index contributed by atoms with van der Waals surface area (Å²) in [5, 5.41) is 0. The molecule has 0 bridgehead atoms. The lowest BCUT2D eigenvalue weighted by atomic mass is 9.77. The summed E-state index contributed by atoms with van der Waals surface area (Å²) in [5.74, 6) is 1.11. The van der Waals surface area contributed by atoms with Crippen molar-refractivity contribution in [2.45, 2.75) is 26.4 Å². The zero-order chi connectivity index (χ0) is 24.2. The van der Waals surface area contributed by atoms with Gasteiger partial charge in [-0.3, -0.25) is 0 Å². The molecular weight excluding hydrogens is 434 g/mol. The number of esters is 1. The van der Waals surface area contributed by atoms with Crippen molar-refractivity contribution in [3.05, 3.63) is 113 Å². The topological polar surface area (TPSA) is 38.8 Å². The van der Waals surface area contributed by atoms with Gasteiger partial charge in [0.05, 0.1) is 5.56 Å². The maximum Gasteiger partial charge on any atom is 0.340 e. The third kappa shape index (κ3) is 3.17. The van der Waals surface area contributed by atoms with E-state index in [1.54, 1.807) is 0 Å². The second-order valence-corrected chi connectivity index (χ2v) is 9.15. The molecule has 0 aromatic heterocycles. The minimum atomic E-state index is -1.06. The maximum absolute atomic E-state index is 13.1. The fourth-order valence-electron chi connectivity index (χ4n) is 5.37. The summed E-state index contributed by atoms with van der Waals surface area (Å²) in [5.41, 5.74) is 6.54. The fourth-order valence-corrected chi connectivity index (χ4v) is 5.37. The number of aryl methyl sites for hydroxylation is 1. The van der Waals surface area contributed by atoms with Gasteiger partial charge in [0.1, 0.15) is 11.5 Å². The molecule has 1 unspecified atom stereocenters. The van der Waals surface area contributed by atoms with Gasteiger partial charge in [-0.2, -0.15) is 0 Å². The SMILES string of the molecule is CCN(CC)c1ccc2c(c1)Oc1ccc(-c3ccc(C)cc3)cc1C21OC(=O)c2ccccc21. The van der Waals surface area contributed by atoms with Crippen LogP contribution in [0.4, 0.5) is 5.69 Å². The molecule has 0 amide bonds. The molecule has 2 aliphatic rings. The van der Waals surface area contributed by atoms with E-state index < -0.39 is 5.60 Å². The van der Waals surface area contributed by atoms with Crippen LogP contribution in [0.25, 0.3) is 11.1 Å². The largest absolute Gasteiger partial charge is 0.456 e. The first-order valence-corrected chi connectivity index (χ1v) is 12.2. The molecule has 174 valence electrons. The van der Waals surface area contributed by atoms with E-state index in [1.807, 2.05) is 30.3 Å². The quantitative estimate of drug-likeness (QED) is 0.305. The number of ether oxygens (including phenoxy) is 2. The van der Waals surface area contributed by atoms with Crippen LogP contribution in [0.1, 0.15) is 46.5 Å². The van der Waals surface area contributed by atoms with Crippen molar-refractivity contribution in [1.29, 1.82) is 0 Å². The first-order valence-electron chi connectivity index (χ1n) is 12.2. The van der Waals surface area contributed by atoms with Crippen LogP contribution in [0.5, 0.6) is 11.5 Å². The molecule has 4 aromatic rings. The maximum atomic E-state index is 13.1. The van der Waals surface area contributed by atoms with E-state index >= 15 is 0 Å². The molecule has 1 spiro atoms. The second-order valence-electron chi connectivity index (χ2n) is 9.15. The molecular formula is C31H27NO3. The van der Waals surface area contributed by atoms with E-state index in [4.69, 9.17) is 9.47 Å². The summed E-state index contributed by atoms with van der Waals surface area (Å²) < 4.78 is 12.8. The number of hydrogen-bond donors (Lipinski definition) is 0. The Morgan fingerprint density at radius 1 is 0.743 bits per heavy atom. The first kappa shape index (κ1) is 21.5. The number of benzene rings is 4. The summed E-state index contributed by atoms with van der Waals surface area (Å²) in [6.45, 7) is 8.16. The third-order valence-corrected chi connectivity index (χ3v) is 7.21. The van der Waals surface area contributed by atoms with Gasteiger partial charge in [-0.1, -0.05) is 54.1 Å². The highest BCUT2D eigenvalue weighted by molar-refractivity contribution is 5.97. The molecule has 35 heavy (non-hydrogen) atoms. The highest BCUT2D eigenvalue weighted by atomic mass is 16.6. The highest BCUT2D eigenvalue weighted by Crippen LogP contribution is 2.57. The molecule has 0 fully saturated rings. The summed E-state index contributed by atoms with van der Waals surface area (Å²) in [6.07, 6.45) is 0.